The summed E-state index contributed by atoms with van der Waals surface area (Å²) in [5, 5.41) is 13.9. The number of nitrogens with one attached hydrogen (secondary N) is 2. The van der Waals surface area contributed by atoms with Crippen molar-refractivity contribution in [3.63, 3.8) is 0 Å². The topological polar surface area (TPSA) is 78.4 Å². The molecule has 1 amide bonds. The highest BCUT2D eigenvalue weighted by Crippen LogP contribution is 1.73. The molecule has 70 valence electrons. The number of aliphatic hydroxyl groups is 1. The van der Waals surface area contributed by atoms with Gasteiger partial charge in [0.25, 0.3) is 0 Å². The number of hydrogen-bond donors (Lipinski definition) is 3. The van der Waals surface area contributed by atoms with Crippen molar-refractivity contribution in [1.29, 1.82) is 0 Å². The van der Waals surface area contributed by atoms with Gasteiger partial charge in [-0.15, -0.1) is 0 Å². The third kappa shape index (κ3) is 7.17. The molecule has 3 N–H and O–H groups in total. The number of carbonyl (C=O) groups excluding carboxylic acids is 2. The first-order valence-corrected chi connectivity index (χ1v) is 3.76. The van der Waals surface area contributed by atoms with Crippen LogP contribution in [0.2, 0.25) is 0 Å². The zero-order valence-electron chi connectivity index (χ0n) is 7.04. The number of rotatable bonds is 6. The fourth-order valence-corrected chi connectivity index (χ4v) is 0.613. The minimum atomic E-state index is -0.469. The molecule has 0 aromatic rings. The molecule has 0 aliphatic rings. The first-order valence-electron chi connectivity index (χ1n) is 3.76. The van der Waals surface area contributed by atoms with Crippen LogP contribution >= 0.6 is 0 Å². The van der Waals surface area contributed by atoms with E-state index in [-0.39, 0.29) is 19.0 Å². The Balaban J connectivity index is 3.25. The lowest BCUT2D eigenvalue weighted by Gasteiger charge is -2.05. The van der Waals surface area contributed by atoms with Crippen LogP contribution in [0.15, 0.2) is 0 Å². The van der Waals surface area contributed by atoms with Gasteiger partial charge in [-0.25, -0.2) is 0 Å². The van der Waals surface area contributed by atoms with Crippen molar-refractivity contribution in [2.45, 2.75) is 13.0 Å². The Bertz CT molecular complexity index is 148. The summed E-state index contributed by atoms with van der Waals surface area (Å²) in [6.45, 7) is 2.15. The van der Waals surface area contributed by atoms with Crippen LogP contribution in [0.1, 0.15) is 6.92 Å². The SMILES string of the molecule is CC(O)CNCC(=O)NCC=O. The molecule has 0 aromatic heterocycles. The average Bonchev–Trinajstić information content (AvgIpc) is 2.00. The van der Waals surface area contributed by atoms with E-state index in [2.05, 4.69) is 10.6 Å². The quantitative estimate of drug-likeness (QED) is 0.418. The molecule has 5 heteroatoms. The van der Waals surface area contributed by atoms with Crippen molar-refractivity contribution < 1.29 is 14.7 Å². The Morgan fingerprint density at radius 3 is 2.83 bits per heavy atom. The number of aldehydes is 1. The number of aliphatic hydroxyl groups excluding tert-OH is 1. The largest absolute Gasteiger partial charge is 0.392 e. The summed E-state index contributed by atoms with van der Waals surface area (Å²) in [4.78, 5) is 20.6. The van der Waals surface area contributed by atoms with Gasteiger partial charge >= 0.3 is 0 Å². The van der Waals surface area contributed by atoms with Crippen molar-refractivity contribution in [3.05, 3.63) is 0 Å². The van der Waals surface area contributed by atoms with Crippen LogP contribution < -0.4 is 10.6 Å². The molecule has 0 radical (unpaired) electrons. The molecule has 0 aliphatic heterocycles. The van der Waals surface area contributed by atoms with Crippen molar-refractivity contribution in [2.75, 3.05) is 19.6 Å². The highest BCUT2D eigenvalue weighted by molar-refractivity contribution is 5.80. The van der Waals surface area contributed by atoms with E-state index in [0.717, 1.165) is 0 Å². The first-order chi connectivity index (χ1) is 5.66. The fraction of sp³-hybridized carbons (Fsp3) is 0.714. The van der Waals surface area contributed by atoms with Gasteiger partial charge in [-0.1, -0.05) is 0 Å². The summed E-state index contributed by atoms with van der Waals surface area (Å²) >= 11 is 0. The van der Waals surface area contributed by atoms with Gasteiger partial charge in [0.15, 0.2) is 0 Å². The Morgan fingerprint density at radius 1 is 1.67 bits per heavy atom. The van der Waals surface area contributed by atoms with Gasteiger partial charge in [0.1, 0.15) is 6.29 Å². The molecule has 1 atom stereocenters. The lowest BCUT2D eigenvalue weighted by molar-refractivity contribution is -0.121. The van der Waals surface area contributed by atoms with Crippen LogP contribution in [0.5, 0.6) is 0 Å². The second-order valence-corrected chi connectivity index (χ2v) is 2.45. The molecule has 0 spiro atoms. The second kappa shape index (κ2) is 6.75. The van der Waals surface area contributed by atoms with Crippen LogP contribution in [-0.4, -0.2) is 43.0 Å². The van der Waals surface area contributed by atoms with Crippen molar-refractivity contribution in [3.8, 4) is 0 Å². The van der Waals surface area contributed by atoms with Gasteiger partial charge < -0.3 is 20.5 Å². The number of amides is 1. The molecule has 5 nitrogen and oxygen atoms in total. The van der Waals surface area contributed by atoms with Crippen molar-refractivity contribution >= 4 is 12.2 Å². The summed E-state index contributed by atoms with van der Waals surface area (Å²) in [7, 11) is 0. The lowest BCUT2D eigenvalue weighted by Crippen LogP contribution is -2.37. The van der Waals surface area contributed by atoms with E-state index < -0.39 is 6.10 Å². The van der Waals surface area contributed by atoms with Gasteiger partial charge in [-0.3, -0.25) is 4.79 Å². The summed E-state index contributed by atoms with van der Waals surface area (Å²) < 4.78 is 0. The molecule has 0 aliphatic carbocycles. The maximum Gasteiger partial charge on any atom is 0.234 e. The van der Waals surface area contributed by atoms with E-state index in [4.69, 9.17) is 5.11 Å². The Hall–Kier alpha value is -0.940. The van der Waals surface area contributed by atoms with Crippen LogP contribution in [0.3, 0.4) is 0 Å². The third-order valence-electron chi connectivity index (χ3n) is 1.11. The Kier molecular flexibility index (Phi) is 6.22. The maximum atomic E-state index is 10.8. The zero-order valence-corrected chi connectivity index (χ0v) is 7.04. The molecular formula is C7H14N2O3. The molecular weight excluding hydrogens is 160 g/mol. The van der Waals surface area contributed by atoms with Crippen LogP contribution in [0.4, 0.5) is 0 Å². The summed E-state index contributed by atoms with van der Waals surface area (Å²) in [6.07, 6.45) is 0.149. The minimum Gasteiger partial charge on any atom is -0.392 e. The second-order valence-electron chi connectivity index (χ2n) is 2.45. The van der Waals surface area contributed by atoms with E-state index in [1.165, 1.54) is 0 Å². The highest BCUT2D eigenvalue weighted by atomic mass is 16.3. The number of hydrogen-bond acceptors (Lipinski definition) is 4. The van der Waals surface area contributed by atoms with E-state index in [9.17, 15) is 9.59 Å². The normalized spacial score (nSPS) is 12.2. The maximum absolute atomic E-state index is 10.8. The fourth-order valence-electron chi connectivity index (χ4n) is 0.613. The monoisotopic (exact) mass is 174 g/mol. The summed E-state index contributed by atoms with van der Waals surface area (Å²) in [5.74, 6) is -0.247. The lowest BCUT2D eigenvalue weighted by atomic mass is 10.4. The molecule has 0 fully saturated rings. The van der Waals surface area contributed by atoms with Gasteiger partial charge in [0, 0.05) is 6.54 Å². The molecule has 0 bridgehead atoms. The predicted molar refractivity (Wildman–Crippen MR) is 43.6 cm³/mol. The summed E-state index contributed by atoms with van der Waals surface area (Å²) in [6, 6.07) is 0. The summed E-state index contributed by atoms with van der Waals surface area (Å²) in [5.41, 5.74) is 0. The molecule has 0 rings (SSSR count). The van der Waals surface area contributed by atoms with Crippen LogP contribution in [0, 0.1) is 0 Å². The third-order valence-corrected chi connectivity index (χ3v) is 1.11. The van der Waals surface area contributed by atoms with Gasteiger partial charge in [0.2, 0.25) is 5.91 Å². The van der Waals surface area contributed by atoms with Crippen molar-refractivity contribution in [2.24, 2.45) is 0 Å². The number of carbonyl (C=O) groups is 2. The predicted octanol–water partition coefficient (Wildman–Crippen LogP) is -1.73. The average molecular weight is 174 g/mol. The van der Waals surface area contributed by atoms with E-state index in [1.54, 1.807) is 6.92 Å². The smallest absolute Gasteiger partial charge is 0.234 e. The van der Waals surface area contributed by atoms with Gasteiger partial charge in [-0.05, 0) is 6.92 Å². The molecule has 12 heavy (non-hydrogen) atoms. The van der Waals surface area contributed by atoms with E-state index >= 15 is 0 Å². The molecule has 0 heterocycles. The van der Waals surface area contributed by atoms with E-state index in [1.807, 2.05) is 0 Å². The highest BCUT2D eigenvalue weighted by Gasteiger charge is 1.99. The van der Waals surface area contributed by atoms with Gasteiger partial charge in [-0.2, -0.15) is 0 Å². The van der Waals surface area contributed by atoms with E-state index in [0.29, 0.717) is 12.8 Å². The first kappa shape index (κ1) is 11.1. The van der Waals surface area contributed by atoms with Crippen molar-refractivity contribution in [1.82, 2.24) is 10.6 Å². The minimum absolute atomic E-state index is 0.0369. The van der Waals surface area contributed by atoms with Crippen LogP contribution in [0.25, 0.3) is 0 Å². The zero-order chi connectivity index (χ0) is 9.40. The standard InChI is InChI=1S/C7H14N2O3/c1-6(11)4-8-5-7(12)9-2-3-10/h3,6,8,11H,2,4-5H2,1H3,(H,9,12). The van der Waals surface area contributed by atoms with Gasteiger partial charge in [0.05, 0.1) is 19.2 Å². The van der Waals surface area contributed by atoms with Crippen LogP contribution in [-0.2, 0) is 9.59 Å². The Labute approximate surface area is 71.1 Å². The molecule has 0 saturated carbocycles. The molecule has 0 aromatic carbocycles. The molecule has 1 unspecified atom stereocenters. The Morgan fingerprint density at radius 2 is 2.33 bits per heavy atom. The molecule has 0 saturated heterocycles.